The molecule has 5 heteroatoms. The van der Waals surface area contributed by atoms with Crippen molar-refractivity contribution in [3.8, 4) is 0 Å². The monoisotopic (exact) mass is 338 g/mol. The van der Waals surface area contributed by atoms with E-state index < -0.39 is 5.54 Å². The van der Waals surface area contributed by atoms with Gasteiger partial charge in [0.25, 0.3) is 11.5 Å². The van der Waals surface area contributed by atoms with Crippen LogP contribution in [0.25, 0.3) is 0 Å². The van der Waals surface area contributed by atoms with Gasteiger partial charge in [-0.3, -0.25) is 9.59 Å². The Morgan fingerprint density at radius 3 is 2.52 bits per heavy atom. The Bertz CT molecular complexity index is 834. The highest BCUT2D eigenvalue weighted by atomic mass is 16.3. The first-order chi connectivity index (χ1) is 12.1. The van der Waals surface area contributed by atoms with Crippen LogP contribution in [0.5, 0.6) is 0 Å². The van der Waals surface area contributed by atoms with Crippen LogP contribution in [0, 0.1) is 0 Å². The predicted octanol–water partition coefficient (Wildman–Crippen LogP) is 2.01. The topological polar surface area (TPSA) is 71.3 Å². The molecule has 2 aliphatic carbocycles. The number of pyridine rings is 1. The Kier molecular flexibility index (Phi) is 3.96. The molecular formula is C20H22N2O3. The number of aromatic nitrogens is 1. The zero-order chi connectivity index (χ0) is 17.4. The first kappa shape index (κ1) is 16.1. The molecule has 1 aromatic heterocycles. The normalized spacial score (nSPS) is 23.6. The Labute approximate surface area is 146 Å². The number of rotatable bonds is 5. The molecule has 1 amide bonds. The maximum atomic E-state index is 12.5. The van der Waals surface area contributed by atoms with Crippen molar-refractivity contribution in [2.45, 2.75) is 43.2 Å². The first-order valence-corrected chi connectivity index (χ1v) is 8.81. The molecule has 2 aliphatic rings. The third kappa shape index (κ3) is 3.00. The summed E-state index contributed by atoms with van der Waals surface area (Å²) in [4.78, 5) is 24.6. The Morgan fingerprint density at radius 2 is 1.88 bits per heavy atom. The number of nitrogens with one attached hydrogen (secondary N) is 1. The van der Waals surface area contributed by atoms with Crippen molar-refractivity contribution in [1.82, 2.24) is 9.88 Å². The Hall–Kier alpha value is -2.40. The van der Waals surface area contributed by atoms with Gasteiger partial charge in [0, 0.05) is 18.3 Å². The number of carbonyl (C=O) groups excluding carboxylic acids is 1. The molecule has 0 bridgehead atoms. The summed E-state index contributed by atoms with van der Waals surface area (Å²) < 4.78 is 1.52. The second-order valence-corrected chi connectivity index (χ2v) is 7.26. The van der Waals surface area contributed by atoms with Crippen LogP contribution >= 0.6 is 0 Å². The smallest absolute Gasteiger partial charge is 0.252 e. The van der Waals surface area contributed by atoms with Gasteiger partial charge in [-0.25, -0.2) is 0 Å². The highest BCUT2D eigenvalue weighted by molar-refractivity contribution is 5.94. The van der Waals surface area contributed by atoms with Crippen molar-refractivity contribution in [3.63, 3.8) is 0 Å². The van der Waals surface area contributed by atoms with Crippen LogP contribution in [0.1, 0.15) is 47.5 Å². The summed E-state index contributed by atoms with van der Waals surface area (Å²) in [6.45, 7) is -0.0701. The van der Waals surface area contributed by atoms with E-state index in [0.29, 0.717) is 11.5 Å². The lowest BCUT2D eigenvalue weighted by Gasteiger charge is -2.36. The number of amides is 1. The molecule has 0 radical (unpaired) electrons. The molecule has 0 saturated heterocycles. The molecule has 130 valence electrons. The highest BCUT2D eigenvalue weighted by Crippen LogP contribution is 2.42. The molecule has 2 saturated carbocycles. The van der Waals surface area contributed by atoms with E-state index in [2.05, 4.69) is 17.4 Å². The van der Waals surface area contributed by atoms with Gasteiger partial charge in [0.05, 0.1) is 17.7 Å². The molecule has 5 nitrogen and oxygen atoms in total. The number of benzene rings is 1. The maximum absolute atomic E-state index is 12.5. The fourth-order valence-electron chi connectivity index (χ4n) is 3.61. The van der Waals surface area contributed by atoms with Crippen molar-refractivity contribution < 1.29 is 9.90 Å². The van der Waals surface area contributed by atoms with Crippen molar-refractivity contribution in [1.29, 1.82) is 0 Å². The standard InChI is InChI=1S/C20H22N2O3/c23-13-20(8-9-20)22-12-15(6-7-18(22)24)19(25)21-17-10-16(11-17)14-4-2-1-3-5-14/h1-7,12,16-17,23H,8-11,13H2,(H,21,25). The molecule has 25 heavy (non-hydrogen) atoms. The number of aliphatic hydroxyl groups excluding tert-OH is 1. The van der Waals surface area contributed by atoms with E-state index in [0.717, 1.165) is 25.7 Å². The van der Waals surface area contributed by atoms with E-state index in [9.17, 15) is 14.7 Å². The lowest BCUT2D eigenvalue weighted by molar-refractivity contribution is 0.0907. The molecule has 0 spiro atoms. The molecule has 2 N–H and O–H groups in total. The van der Waals surface area contributed by atoms with Crippen LogP contribution in [0.15, 0.2) is 53.5 Å². The second-order valence-electron chi connectivity index (χ2n) is 7.26. The SMILES string of the molecule is O=C(NC1CC(c2ccccc2)C1)c1ccc(=O)n(C2(CO)CC2)c1. The maximum Gasteiger partial charge on any atom is 0.252 e. The van der Waals surface area contributed by atoms with Crippen LogP contribution in [-0.4, -0.2) is 28.2 Å². The van der Waals surface area contributed by atoms with Crippen LogP contribution < -0.4 is 10.9 Å². The van der Waals surface area contributed by atoms with Gasteiger partial charge in [0.15, 0.2) is 0 Å². The summed E-state index contributed by atoms with van der Waals surface area (Å²) in [5.41, 5.74) is 1.13. The zero-order valence-electron chi connectivity index (χ0n) is 14.0. The average Bonchev–Trinajstić information content (AvgIpc) is 3.40. The fourth-order valence-corrected chi connectivity index (χ4v) is 3.61. The number of aliphatic hydroxyl groups is 1. The molecule has 1 heterocycles. The Balaban J connectivity index is 1.41. The highest BCUT2D eigenvalue weighted by Gasteiger charge is 2.44. The van der Waals surface area contributed by atoms with E-state index in [1.165, 1.54) is 16.2 Å². The molecular weight excluding hydrogens is 316 g/mol. The molecule has 1 aromatic carbocycles. The van der Waals surface area contributed by atoms with Crippen molar-refractivity contribution in [3.05, 3.63) is 70.1 Å². The van der Waals surface area contributed by atoms with Gasteiger partial charge in [-0.15, -0.1) is 0 Å². The molecule has 2 fully saturated rings. The summed E-state index contributed by atoms with van der Waals surface area (Å²) in [5.74, 6) is 0.351. The number of hydrogen-bond acceptors (Lipinski definition) is 3. The van der Waals surface area contributed by atoms with E-state index in [1.54, 1.807) is 12.3 Å². The summed E-state index contributed by atoms with van der Waals surface area (Å²) in [6.07, 6.45) is 5.02. The van der Waals surface area contributed by atoms with Gasteiger partial charge in [0.1, 0.15) is 0 Å². The number of nitrogens with zero attached hydrogens (tertiary/aromatic N) is 1. The predicted molar refractivity (Wildman–Crippen MR) is 94.7 cm³/mol. The van der Waals surface area contributed by atoms with Crippen molar-refractivity contribution in [2.24, 2.45) is 0 Å². The summed E-state index contributed by atoms with van der Waals surface area (Å²) >= 11 is 0. The molecule has 4 rings (SSSR count). The largest absolute Gasteiger partial charge is 0.394 e. The van der Waals surface area contributed by atoms with Gasteiger partial charge in [-0.2, -0.15) is 0 Å². The lowest BCUT2D eigenvalue weighted by Crippen LogP contribution is -2.43. The molecule has 0 unspecified atom stereocenters. The lowest BCUT2D eigenvalue weighted by atomic mass is 9.76. The van der Waals surface area contributed by atoms with E-state index in [4.69, 9.17) is 0 Å². The van der Waals surface area contributed by atoms with Gasteiger partial charge in [0.2, 0.25) is 0 Å². The zero-order valence-corrected chi connectivity index (χ0v) is 14.0. The summed E-state index contributed by atoms with van der Waals surface area (Å²) in [7, 11) is 0. The van der Waals surface area contributed by atoms with Crippen molar-refractivity contribution >= 4 is 5.91 Å². The van der Waals surface area contributed by atoms with Gasteiger partial charge in [-0.1, -0.05) is 30.3 Å². The van der Waals surface area contributed by atoms with E-state index >= 15 is 0 Å². The van der Waals surface area contributed by atoms with E-state index in [-0.39, 0.29) is 24.1 Å². The van der Waals surface area contributed by atoms with Gasteiger partial charge < -0.3 is 15.0 Å². The fraction of sp³-hybridized carbons (Fsp3) is 0.400. The molecule has 0 aliphatic heterocycles. The minimum Gasteiger partial charge on any atom is -0.394 e. The van der Waals surface area contributed by atoms with Gasteiger partial charge in [-0.05, 0) is 43.2 Å². The average molecular weight is 338 g/mol. The quantitative estimate of drug-likeness (QED) is 0.876. The minimum absolute atomic E-state index is 0.0701. The van der Waals surface area contributed by atoms with Crippen LogP contribution in [0.3, 0.4) is 0 Å². The van der Waals surface area contributed by atoms with Crippen LogP contribution in [0.2, 0.25) is 0 Å². The number of carbonyl (C=O) groups is 1. The van der Waals surface area contributed by atoms with Crippen LogP contribution in [0.4, 0.5) is 0 Å². The van der Waals surface area contributed by atoms with Crippen molar-refractivity contribution in [2.75, 3.05) is 6.61 Å². The van der Waals surface area contributed by atoms with Crippen LogP contribution in [-0.2, 0) is 5.54 Å². The van der Waals surface area contributed by atoms with Gasteiger partial charge >= 0.3 is 0 Å². The summed E-state index contributed by atoms with van der Waals surface area (Å²) in [5, 5.41) is 12.6. The minimum atomic E-state index is -0.498. The summed E-state index contributed by atoms with van der Waals surface area (Å²) in [6, 6.07) is 13.5. The third-order valence-corrected chi connectivity index (χ3v) is 5.55. The Morgan fingerprint density at radius 1 is 1.16 bits per heavy atom. The third-order valence-electron chi connectivity index (χ3n) is 5.55. The second kappa shape index (κ2) is 6.15. The molecule has 0 atom stereocenters. The number of hydrogen-bond donors (Lipinski definition) is 2. The molecule has 2 aromatic rings. The van der Waals surface area contributed by atoms with E-state index in [1.807, 2.05) is 18.2 Å². The first-order valence-electron chi connectivity index (χ1n) is 8.81.